The molecule has 6 rings (SSSR count). The smallest absolute Gasteiger partial charge is 0.462 e. The minimum Gasteiger partial charge on any atom is -0.462 e. The number of allylic oxidation sites excluding steroid dienone is 3. The van der Waals surface area contributed by atoms with Crippen molar-refractivity contribution in [2.24, 2.45) is 0 Å². The van der Waals surface area contributed by atoms with Gasteiger partial charge >= 0.3 is 12.4 Å². The van der Waals surface area contributed by atoms with Crippen LogP contribution in [0.2, 0.25) is 0 Å². The van der Waals surface area contributed by atoms with Crippen molar-refractivity contribution in [1.29, 1.82) is 0 Å². The van der Waals surface area contributed by atoms with Crippen molar-refractivity contribution in [3.05, 3.63) is 153 Å². The minimum atomic E-state index is -4.03. The summed E-state index contributed by atoms with van der Waals surface area (Å²) in [4.78, 5) is 13.0. The third-order valence-electron chi connectivity index (χ3n) is 13.8. The SMILES string of the molecule is CCOC(=O)c1ccc(C2=C3C(C)=CC(/C=C/c4ccc(C#CC[N+](C)(C)CCCS(=O)(=O)O)cc4)=[N+]3[B-](C#CCOCCOC)(C#CCOCCOC)n3c(/C=C/c4ccc(C#CC[N+](C)(C)CCCS(=O)(=O)O)cc4)cc(C)c32)cc1. The topological polar surface area (TPSA) is 180 Å². The van der Waals surface area contributed by atoms with Gasteiger partial charge in [-0.15, -0.1) is 11.8 Å². The van der Waals surface area contributed by atoms with Gasteiger partial charge in [-0.3, -0.25) is 9.11 Å². The van der Waals surface area contributed by atoms with Crippen LogP contribution in [0.3, 0.4) is 0 Å². The van der Waals surface area contributed by atoms with E-state index >= 15 is 0 Å². The van der Waals surface area contributed by atoms with Crippen molar-refractivity contribution < 1.29 is 67.9 Å². The van der Waals surface area contributed by atoms with Crippen LogP contribution < -0.4 is 0 Å². The molecule has 438 valence electrons. The van der Waals surface area contributed by atoms with E-state index in [0.29, 0.717) is 80.0 Å². The number of benzene rings is 3. The summed E-state index contributed by atoms with van der Waals surface area (Å²) in [7, 11) is 3.08. The number of hydrogen-bond acceptors (Lipinski definition) is 10. The van der Waals surface area contributed by atoms with Crippen LogP contribution in [-0.2, 0) is 43.9 Å². The van der Waals surface area contributed by atoms with Gasteiger partial charge in [0.25, 0.3) is 20.2 Å². The maximum atomic E-state index is 13.0. The maximum absolute atomic E-state index is 13.0. The minimum absolute atomic E-state index is 0.103. The van der Waals surface area contributed by atoms with Crippen LogP contribution in [0.25, 0.3) is 23.8 Å². The third-order valence-corrected chi connectivity index (χ3v) is 15.4. The van der Waals surface area contributed by atoms with Crippen molar-refractivity contribution in [2.45, 2.75) is 33.6 Å². The fourth-order valence-corrected chi connectivity index (χ4v) is 10.7. The van der Waals surface area contributed by atoms with Crippen LogP contribution >= 0.6 is 0 Å². The highest BCUT2D eigenvalue weighted by Crippen LogP contribution is 2.44. The number of carbonyl (C=O) groups is 1. The molecule has 19 heteroatoms. The largest absolute Gasteiger partial charge is 0.520 e. The maximum Gasteiger partial charge on any atom is 0.520 e. The molecule has 0 bridgehead atoms. The number of ether oxygens (including phenoxy) is 5. The van der Waals surface area contributed by atoms with Gasteiger partial charge in [0.05, 0.1) is 97.0 Å². The predicted molar refractivity (Wildman–Crippen MR) is 329 cm³/mol. The highest BCUT2D eigenvalue weighted by Gasteiger charge is 2.51. The Balaban J connectivity index is 1.51. The predicted octanol–water partition coefficient (Wildman–Crippen LogP) is 7.16. The fourth-order valence-electron chi connectivity index (χ4n) is 9.67. The summed E-state index contributed by atoms with van der Waals surface area (Å²) in [6, 6.07) is 25.5. The van der Waals surface area contributed by atoms with E-state index in [4.69, 9.17) is 23.7 Å². The summed E-state index contributed by atoms with van der Waals surface area (Å²) in [5.74, 6) is 26.2. The number of methoxy groups -OCH3 is 2. The van der Waals surface area contributed by atoms with E-state index in [0.717, 1.165) is 67.3 Å². The normalized spacial score (nSPS) is 14.0. The van der Waals surface area contributed by atoms with Gasteiger partial charge in [-0.05, 0) is 109 Å². The van der Waals surface area contributed by atoms with E-state index in [9.17, 15) is 30.7 Å². The number of rotatable bonds is 25. The zero-order valence-electron chi connectivity index (χ0n) is 49.2. The Hall–Kier alpha value is -7.08. The van der Waals surface area contributed by atoms with Gasteiger partial charge in [-0.1, -0.05) is 54.3 Å². The Bertz CT molecular complexity index is 3590. The first-order valence-electron chi connectivity index (χ1n) is 27.5. The van der Waals surface area contributed by atoms with Gasteiger partial charge in [0.2, 0.25) is 0 Å². The van der Waals surface area contributed by atoms with Gasteiger partial charge in [0, 0.05) is 67.3 Å². The van der Waals surface area contributed by atoms with Crippen LogP contribution in [0.5, 0.6) is 0 Å². The van der Waals surface area contributed by atoms with Crippen LogP contribution in [0, 0.1) is 54.1 Å². The molecule has 0 unspecified atom stereocenters. The molecule has 2 aliphatic heterocycles. The van der Waals surface area contributed by atoms with Gasteiger partial charge in [0.1, 0.15) is 26.3 Å². The quantitative estimate of drug-likeness (QED) is 0.0171. The molecule has 3 aromatic carbocycles. The number of quaternary nitrogens is 2. The number of esters is 1. The van der Waals surface area contributed by atoms with E-state index in [1.807, 2.05) is 101 Å². The molecule has 3 heterocycles. The molecule has 0 aliphatic carbocycles. The summed E-state index contributed by atoms with van der Waals surface area (Å²) in [6.07, 6.45) is 8.55. The van der Waals surface area contributed by atoms with Crippen LogP contribution in [0.1, 0.15) is 81.8 Å². The first kappa shape index (κ1) is 65.1. The first-order chi connectivity index (χ1) is 39.5. The van der Waals surface area contributed by atoms with Crippen LogP contribution in [0.15, 0.2) is 102 Å². The van der Waals surface area contributed by atoms with Crippen molar-refractivity contribution in [3.8, 4) is 47.2 Å². The molecule has 4 aromatic rings. The third kappa shape index (κ3) is 19.2. The van der Waals surface area contributed by atoms with Crippen molar-refractivity contribution >= 4 is 62.1 Å². The number of carbonyl (C=O) groups excluding carboxylic acids is 1. The summed E-state index contributed by atoms with van der Waals surface area (Å²) < 4.78 is 96.8. The lowest BCUT2D eigenvalue weighted by atomic mass is 9.45. The molecular formula is C64H77BN4O12S2+2. The number of aromatic nitrogens is 1. The lowest BCUT2D eigenvalue weighted by Crippen LogP contribution is -2.57. The molecule has 2 aliphatic rings. The number of aryl methyl sites for hydroxylation is 1. The van der Waals surface area contributed by atoms with E-state index in [-0.39, 0.29) is 31.3 Å². The number of nitrogens with zero attached hydrogens (tertiary/aromatic N) is 4. The van der Waals surface area contributed by atoms with Crippen molar-refractivity contribution in [2.75, 3.05) is 126 Å². The summed E-state index contributed by atoms with van der Waals surface area (Å²) >= 11 is 0. The summed E-state index contributed by atoms with van der Waals surface area (Å²) in [5.41, 5.74) is 11.0. The molecule has 0 radical (unpaired) electrons. The Morgan fingerprint density at radius 1 is 0.675 bits per heavy atom. The molecule has 2 N–H and O–H groups in total. The van der Waals surface area contributed by atoms with E-state index < -0.39 is 32.6 Å². The Kier molecular flexibility index (Phi) is 23.5. The Morgan fingerprint density at radius 3 is 1.64 bits per heavy atom. The molecule has 0 fully saturated rings. The second-order valence-corrected chi connectivity index (χ2v) is 24.7. The zero-order chi connectivity index (χ0) is 60.3. The second-order valence-electron chi connectivity index (χ2n) is 21.6. The Labute approximate surface area is 491 Å². The fraction of sp³-hybridized carbons (Fsp3) is 0.375. The molecule has 0 saturated carbocycles. The van der Waals surface area contributed by atoms with Crippen molar-refractivity contribution in [1.82, 2.24) is 4.48 Å². The summed E-state index contributed by atoms with van der Waals surface area (Å²) in [6.45, 7) is 9.94. The zero-order valence-corrected chi connectivity index (χ0v) is 50.8. The second kappa shape index (κ2) is 29.9. The first-order valence-corrected chi connectivity index (χ1v) is 30.7. The molecule has 0 spiro atoms. The van der Waals surface area contributed by atoms with Crippen molar-refractivity contribution in [3.63, 3.8) is 0 Å². The van der Waals surface area contributed by atoms with E-state index in [2.05, 4.69) is 94.3 Å². The Morgan fingerprint density at radius 2 is 1.17 bits per heavy atom. The van der Waals surface area contributed by atoms with Crippen LogP contribution in [-0.4, -0.2) is 188 Å². The molecular weight excluding hydrogens is 1090 g/mol. The molecule has 83 heavy (non-hydrogen) atoms. The van der Waals surface area contributed by atoms with E-state index in [1.165, 1.54) is 0 Å². The number of fused-ring (bicyclic) bond motifs is 2. The highest BCUT2D eigenvalue weighted by atomic mass is 32.2. The average molecular weight is 1170 g/mol. The van der Waals surface area contributed by atoms with Gasteiger partial charge in [-0.25, -0.2) is 4.79 Å². The monoisotopic (exact) mass is 1170 g/mol. The van der Waals surface area contributed by atoms with Gasteiger partial charge in [0.15, 0.2) is 11.4 Å². The van der Waals surface area contributed by atoms with Gasteiger partial charge in [-0.2, -0.15) is 28.5 Å². The lowest BCUT2D eigenvalue weighted by molar-refractivity contribution is -0.883. The lowest BCUT2D eigenvalue weighted by Gasteiger charge is -2.39. The standard InChI is InChI=1S/C64H75BN4O12S2/c1-10-81-64(70)58-31-29-57(30-32-58)61-62-51(2)49-59(33-27-55-23-19-53(20-24-55)17-11-37-68(4,5)39-15-47-82(71,72)73)66(62)65(35-13-41-79-45-43-77-8,36-14-42-80-46-44-78-9)67-60(50-52(3)63(61)67)34-28-56-25-21-54(22-26-56)18-12-38-69(6,7)40-16-48-83(74,75)76/h19-34,49-50H,10,15-16,37-48H2,1-9H3/p+2/b33-27+,34-28+. The molecule has 0 saturated heterocycles. The number of hydrogen-bond donors (Lipinski definition) is 2. The molecule has 0 atom stereocenters. The highest BCUT2D eigenvalue weighted by molar-refractivity contribution is 7.86. The average Bonchev–Trinajstić information content (AvgIpc) is 4.02. The van der Waals surface area contributed by atoms with Gasteiger partial charge < -0.3 is 41.6 Å². The molecule has 0 amide bonds. The molecule has 1 aromatic heterocycles. The van der Waals surface area contributed by atoms with Crippen LogP contribution in [0.4, 0.5) is 0 Å². The molecule has 16 nitrogen and oxygen atoms in total. The summed E-state index contributed by atoms with van der Waals surface area (Å²) in [5, 5.41) is 0. The van der Waals surface area contributed by atoms with E-state index in [1.54, 1.807) is 33.3 Å².